The van der Waals surface area contributed by atoms with Crippen molar-refractivity contribution in [2.45, 2.75) is 25.9 Å². The molecular formula is C13H14Cl2F3N3O3. The lowest BCUT2D eigenvalue weighted by Crippen LogP contribution is -2.31. The largest absolute Gasteiger partial charge is 0.481 e. The Morgan fingerprint density at radius 3 is 2.25 bits per heavy atom. The number of halogens is 5. The molecule has 11 heteroatoms. The predicted octanol–water partition coefficient (Wildman–Crippen LogP) is 4.22. The van der Waals surface area contributed by atoms with E-state index in [1.54, 1.807) is 6.92 Å². The van der Waals surface area contributed by atoms with Crippen molar-refractivity contribution >= 4 is 40.7 Å². The van der Waals surface area contributed by atoms with Gasteiger partial charge in [-0.25, -0.2) is 0 Å². The van der Waals surface area contributed by atoms with Gasteiger partial charge in [-0.3, -0.25) is 15.6 Å². The average Bonchev–Trinajstić information content (AvgIpc) is 2.42. The molecule has 4 N–H and O–H groups in total. The number of hydrogen-bond acceptors (Lipinski definition) is 4. The van der Waals surface area contributed by atoms with E-state index in [-0.39, 0.29) is 40.3 Å². The SMILES string of the molecule is CC(CC(=O)O)CC(=NO)NNc1c(Cl)cc(C(F)(F)F)cc1Cl. The van der Waals surface area contributed by atoms with Crippen LogP contribution in [-0.4, -0.2) is 22.1 Å². The maximum Gasteiger partial charge on any atom is 0.416 e. The fraction of sp³-hybridized carbons (Fsp3) is 0.385. The van der Waals surface area contributed by atoms with E-state index in [2.05, 4.69) is 16.0 Å². The Bertz CT molecular complexity index is 616. The van der Waals surface area contributed by atoms with Crippen LogP contribution in [0.25, 0.3) is 0 Å². The van der Waals surface area contributed by atoms with E-state index in [4.69, 9.17) is 33.5 Å². The molecular weight excluding hydrogens is 374 g/mol. The lowest BCUT2D eigenvalue weighted by molar-refractivity contribution is -0.138. The van der Waals surface area contributed by atoms with Crippen molar-refractivity contribution < 1.29 is 28.3 Å². The molecule has 1 aromatic rings. The number of anilines is 1. The maximum atomic E-state index is 12.6. The molecule has 0 heterocycles. The van der Waals surface area contributed by atoms with Crippen LogP contribution in [-0.2, 0) is 11.0 Å². The minimum atomic E-state index is -4.59. The molecule has 0 saturated carbocycles. The molecule has 0 spiro atoms. The molecule has 1 rings (SSSR count). The minimum Gasteiger partial charge on any atom is -0.481 e. The van der Waals surface area contributed by atoms with Gasteiger partial charge < -0.3 is 10.3 Å². The minimum absolute atomic E-state index is 0.0317. The van der Waals surface area contributed by atoms with Crippen LogP contribution < -0.4 is 10.9 Å². The second-order valence-corrected chi connectivity index (χ2v) is 5.83. The van der Waals surface area contributed by atoms with Gasteiger partial charge in [0.1, 0.15) is 0 Å². The lowest BCUT2D eigenvalue weighted by Gasteiger charge is -2.17. The second kappa shape index (κ2) is 8.29. The van der Waals surface area contributed by atoms with Gasteiger partial charge in [-0.15, -0.1) is 0 Å². The highest BCUT2D eigenvalue weighted by atomic mass is 35.5. The smallest absolute Gasteiger partial charge is 0.416 e. The number of hydrazine groups is 1. The number of nitrogens with one attached hydrogen (secondary N) is 2. The van der Waals surface area contributed by atoms with E-state index < -0.39 is 17.7 Å². The Hall–Kier alpha value is -1.87. The number of alkyl halides is 3. The van der Waals surface area contributed by atoms with Crippen molar-refractivity contribution in [1.82, 2.24) is 5.43 Å². The molecule has 6 nitrogen and oxygen atoms in total. The van der Waals surface area contributed by atoms with Gasteiger partial charge in [-0.1, -0.05) is 35.3 Å². The van der Waals surface area contributed by atoms with Gasteiger partial charge in [-0.2, -0.15) is 13.2 Å². The van der Waals surface area contributed by atoms with Crippen molar-refractivity contribution in [3.05, 3.63) is 27.7 Å². The normalized spacial score (nSPS) is 13.5. The number of benzene rings is 1. The van der Waals surface area contributed by atoms with Crippen LogP contribution in [0.15, 0.2) is 17.3 Å². The Labute approximate surface area is 145 Å². The van der Waals surface area contributed by atoms with Gasteiger partial charge in [-0.05, 0) is 18.1 Å². The van der Waals surface area contributed by atoms with Crippen LogP contribution >= 0.6 is 23.2 Å². The summed E-state index contributed by atoms with van der Waals surface area (Å²) in [6, 6.07) is 1.39. The monoisotopic (exact) mass is 387 g/mol. The molecule has 0 aliphatic rings. The fourth-order valence-electron chi connectivity index (χ4n) is 1.81. The predicted molar refractivity (Wildman–Crippen MR) is 83.5 cm³/mol. The van der Waals surface area contributed by atoms with Crippen molar-refractivity contribution in [2.24, 2.45) is 11.1 Å². The number of nitrogens with zero attached hydrogens (tertiary/aromatic N) is 1. The Morgan fingerprint density at radius 1 is 1.29 bits per heavy atom. The standard InChI is InChI=1S/C13H14Cl2F3N3O3/c1-6(3-11(22)23)2-10(21-24)19-20-12-8(14)4-7(5-9(12)15)13(16,17)18/h4-6,20,24H,2-3H2,1H3,(H,19,21)(H,22,23). The number of amidine groups is 1. The van der Waals surface area contributed by atoms with Gasteiger partial charge in [0, 0.05) is 12.8 Å². The fourth-order valence-corrected chi connectivity index (χ4v) is 2.39. The highest BCUT2D eigenvalue weighted by Crippen LogP contribution is 2.38. The Morgan fingerprint density at radius 2 is 1.83 bits per heavy atom. The van der Waals surface area contributed by atoms with Crippen LogP contribution in [0.2, 0.25) is 10.0 Å². The first kappa shape index (κ1) is 20.2. The molecule has 0 aliphatic carbocycles. The Balaban J connectivity index is 2.81. The van der Waals surface area contributed by atoms with Gasteiger partial charge in [0.05, 0.1) is 21.3 Å². The van der Waals surface area contributed by atoms with Gasteiger partial charge in [0.15, 0.2) is 5.84 Å². The average molecular weight is 388 g/mol. The highest BCUT2D eigenvalue weighted by molar-refractivity contribution is 6.39. The van der Waals surface area contributed by atoms with Crippen LogP contribution in [0.4, 0.5) is 18.9 Å². The lowest BCUT2D eigenvalue weighted by atomic mass is 10.0. The number of oxime groups is 1. The summed E-state index contributed by atoms with van der Waals surface area (Å²) in [5.41, 5.74) is 3.84. The van der Waals surface area contributed by atoms with Crippen molar-refractivity contribution in [2.75, 3.05) is 5.43 Å². The molecule has 24 heavy (non-hydrogen) atoms. The van der Waals surface area contributed by atoms with Crippen LogP contribution in [0.3, 0.4) is 0 Å². The molecule has 0 amide bonds. The van der Waals surface area contributed by atoms with E-state index in [1.807, 2.05) is 0 Å². The summed E-state index contributed by atoms with van der Waals surface area (Å²) in [7, 11) is 0. The summed E-state index contributed by atoms with van der Waals surface area (Å²) >= 11 is 11.5. The Kier molecular flexibility index (Phi) is 6.97. The summed E-state index contributed by atoms with van der Waals surface area (Å²) in [5.74, 6) is -1.39. The summed E-state index contributed by atoms with van der Waals surface area (Å²) in [5, 5.41) is 19.9. The molecule has 0 aromatic heterocycles. The van der Waals surface area contributed by atoms with E-state index >= 15 is 0 Å². The van der Waals surface area contributed by atoms with Crippen LogP contribution in [0.1, 0.15) is 25.3 Å². The molecule has 134 valence electrons. The quantitative estimate of drug-likeness (QED) is 0.254. The van der Waals surface area contributed by atoms with E-state index in [1.165, 1.54) is 0 Å². The molecule has 0 radical (unpaired) electrons. The molecule has 1 unspecified atom stereocenters. The molecule has 1 atom stereocenters. The van der Waals surface area contributed by atoms with Crippen LogP contribution in [0, 0.1) is 5.92 Å². The van der Waals surface area contributed by atoms with Gasteiger partial charge in [0.25, 0.3) is 0 Å². The molecule has 1 aromatic carbocycles. The topological polar surface area (TPSA) is 94.0 Å². The second-order valence-electron chi connectivity index (χ2n) is 5.02. The number of carboxylic acid groups (broad SMARTS) is 1. The number of rotatable bonds is 6. The van der Waals surface area contributed by atoms with Crippen molar-refractivity contribution in [3.8, 4) is 0 Å². The number of carboxylic acids is 1. The summed E-state index contributed by atoms with van der Waals surface area (Å²) in [6.45, 7) is 1.62. The summed E-state index contributed by atoms with van der Waals surface area (Å²) in [4.78, 5) is 10.6. The number of aliphatic carboxylic acids is 1. The molecule has 0 aliphatic heterocycles. The summed E-state index contributed by atoms with van der Waals surface area (Å²) in [6.07, 6.45) is -4.67. The zero-order valence-corrected chi connectivity index (χ0v) is 13.8. The van der Waals surface area contributed by atoms with E-state index in [0.717, 1.165) is 0 Å². The maximum absolute atomic E-state index is 12.6. The third kappa shape index (κ3) is 5.97. The summed E-state index contributed by atoms with van der Waals surface area (Å²) < 4.78 is 37.9. The first-order valence-corrected chi connectivity index (χ1v) is 7.31. The first-order chi connectivity index (χ1) is 11.0. The van der Waals surface area contributed by atoms with Crippen molar-refractivity contribution in [3.63, 3.8) is 0 Å². The zero-order valence-electron chi connectivity index (χ0n) is 12.3. The van der Waals surface area contributed by atoms with Gasteiger partial charge >= 0.3 is 12.1 Å². The van der Waals surface area contributed by atoms with Crippen molar-refractivity contribution in [1.29, 1.82) is 0 Å². The van der Waals surface area contributed by atoms with E-state index in [9.17, 15) is 18.0 Å². The third-order valence-corrected chi connectivity index (χ3v) is 3.48. The number of hydrogen-bond donors (Lipinski definition) is 4. The van der Waals surface area contributed by atoms with Gasteiger partial charge in [0.2, 0.25) is 0 Å². The molecule has 0 fully saturated rings. The molecule has 0 bridgehead atoms. The highest BCUT2D eigenvalue weighted by Gasteiger charge is 2.32. The van der Waals surface area contributed by atoms with E-state index in [0.29, 0.717) is 12.1 Å². The van der Waals surface area contributed by atoms with Crippen LogP contribution in [0.5, 0.6) is 0 Å². The number of carbonyl (C=O) groups is 1. The molecule has 0 saturated heterocycles. The zero-order chi connectivity index (χ0) is 18.5. The first-order valence-electron chi connectivity index (χ1n) is 6.55. The third-order valence-electron chi connectivity index (χ3n) is 2.89.